The second kappa shape index (κ2) is 13.7. The smallest absolute Gasteiger partial charge is 0.116 e. The van der Waals surface area contributed by atoms with Gasteiger partial charge in [-0.1, -0.05) is 97.1 Å². The minimum Gasteiger partial charge on any atom is -0.388 e. The third kappa shape index (κ3) is 8.24. The van der Waals surface area contributed by atoms with E-state index < -0.39 is 24.4 Å². The summed E-state index contributed by atoms with van der Waals surface area (Å²) in [5.74, 6) is 0. The van der Waals surface area contributed by atoms with Crippen LogP contribution in [0.3, 0.4) is 0 Å². The molecule has 174 valence electrons. The molecule has 5 nitrogen and oxygen atoms in total. The molecular formula is C28H32O5. The van der Waals surface area contributed by atoms with Gasteiger partial charge in [-0.15, -0.1) is 6.58 Å². The van der Waals surface area contributed by atoms with Gasteiger partial charge in [-0.2, -0.15) is 0 Å². The van der Waals surface area contributed by atoms with Crippen LogP contribution in [0.25, 0.3) is 0 Å². The first-order valence-electron chi connectivity index (χ1n) is 11.1. The quantitative estimate of drug-likeness (QED) is 0.360. The van der Waals surface area contributed by atoms with Crippen LogP contribution in [0.4, 0.5) is 0 Å². The predicted octanol–water partition coefficient (Wildman–Crippen LogP) is 4.28. The molecule has 33 heavy (non-hydrogen) atoms. The Hall–Kier alpha value is -2.80. The third-order valence-electron chi connectivity index (χ3n) is 5.25. The zero-order valence-electron chi connectivity index (χ0n) is 18.7. The van der Waals surface area contributed by atoms with Crippen molar-refractivity contribution in [1.29, 1.82) is 0 Å². The van der Waals surface area contributed by atoms with Crippen LogP contribution in [0.5, 0.6) is 0 Å². The lowest BCUT2D eigenvalue weighted by molar-refractivity contribution is -0.168. The summed E-state index contributed by atoms with van der Waals surface area (Å²) in [5.41, 5.74) is 2.92. The summed E-state index contributed by atoms with van der Waals surface area (Å²) in [7, 11) is 0. The summed E-state index contributed by atoms with van der Waals surface area (Å²) < 4.78 is 17.9. The van der Waals surface area contributed by atoms with E-state index in [1.165, 1.54) is 6.08 Å². The molecule has 0 saturated carbocycles. The average Bonchev–Trinajstić information content (AvgIpc) is 2.87. The number of aliphatic hydroxyl groups excluding tert-OH is 2. The fraction of sp³-hybridized carbons (Fsp3) is 0.286. The Morgan fingerprint density at radius 3 is 1.52 bits per heavy atom. The van der Waals surface area contributed by atoms with Gasteiger partial charge in [0, 0.05) is 0 Å². The topological polar surface area (TPSA) is 68.2 Å². The van der Waals surface area contributed by atoms with Crippen molar-refractivity contribution in [3.8, 4) is 0 Å². The van der Waals surface area contributed by atoms with E-state index >= 15 is 0 Å². The molecule has 0 saturated heterocycles. The normalized spacial score (nSPS) is 14.8. The highest BCUT2D eigenvalue weighted by molar-refractivity contribution is 5.15. The number of rotatable bonds is 14. The molecule has 0 bridgehead atoms. The largest absolute Gasteiger partial charge is 0.388 e. The molecule has 4 atom stereocenters. The van der Waals surface area contributed by atoms with Crippen molar-refractivity contribution in [3.05, 3.63) is 120 Å². The van der Waals surface area contributed by atoms with Gasteiger partial charge in [0.2, 0.25) is 0 Å². The first-order chi connectivity index (χ1) is 16.2. The third-order valence-corrected chi connectivity index (χ3v) is 5.25. The molecule has 0 aliphatic rings. The van der Waals surface area contributed by atoms with Crippen molar-refractivity contribution in [2.24, 2.45) is 0 Å². The standard InChI is InChI=1S/C28H32O5/c1-2-25(29)27(32-19-23-14-8-4-9-15-23)28(33-20-24-16-10-5-11-17-24)26(30)21-31-18-22-12-6-3-7-13-22/h2-17,25-30H,1,18-21H2/t25?,26?,27-,28+/m0/s1. The average molecular weight is 449 g/mol. The van der Waals surface area contributed by atoms with Crippen LogP contribution < -0.4 is 0 Å². The Bertz CT molecular complexity index is 917. The summed E-state index contributed by atoms with van der Waals surface area (Å²) in [5, 5.41) is 21.6. The monoisotopic (exact) mass is 448 g/mol. The lowest BCUT2D eigenvalue weighted by Gasteiger charge is -2.33. The number of benzene rings is 3. The van der Waals surface area contributed by atoms with Crippen LogP contribution in [0, 0.1) is 0 Å². The van der Waals surface area contributed by atoms with Crippen LogP contribution >= 0.6 is 0 Å². The summed E-state index contributed by atoms with van der Waals surface area (Å²) in [6.45, 7) is 4.62. The van der Waals surface area contributed by atoms with Crippen molar-refractivity contribution < 1.29 is 24.4 Å². The van der Waals surface area contributed by atoms with Gasteiger partial charge in [-0.3, -0.25) is 0 Å². The zero-order valence-corrected chi connectivity index (χ0v) is 18.7. The molecule has 5 heteroatoms. The van der Waals surface area contributed by atoms with Gasteiger partial charge in [-0.25, -0.2) is 0 Å². The van der Waals surface area contributed by atoms with Gasteiger partial charge < -0.3 is 24.4 Å². The van der Waals surface area contributed by atoms with E-state index in [4.69, 9.17) is 14.2 Å². The summed E-state index contributed by atoms with van der Waals surface area (Å²) >= 11 is 0. The molecule has 3 aromatic rings. The SMILES string of the molecule is C=CC(O)[C@H](OCc1ccccc1)[C@H](OCc1ccccc1)C(O)COCc1ccccc1. The highest BCUT2D eigenvalue weighted by Crippen LogP contribution is 2.19. The van der Waals surface area contributed by atoms with Crippen molar-refractivity contribution in [2.75, 3.05) is 6.61 Å². The van der Waals surface area contributed by atoms with Crippen molar-refractivity contribution in [3.63, 3.8) is 0 Å². The fourth-order valence-corrected chi connectivity index (χ4v) is 3.45. The maximum Gasteiger partial charge on any atom is 0.116 e. The van der Waals surface area contributed by atoms with Gasteiger partial charge in [0.05, 0.1) is 26.4 Å². The molecule has 3 rings (SSSR count). The summed E-state index contributed by atoms with van der Waals surface area (Å²) in [6, 6.07) is 29.1. The Morgan fingerprint density at radius 1 is 0.636 bits per heavy atom. The summed E-state index contributed by atoms with van der Waals surface area (Å²) in [6.07, 6.45) is -2.32. The number of hydrogen-bond acceptors (Lipinski definition) is 5. The molecule has 0 amide bonds. The van der Waals surface area contributed by atoms with Crippen LogP contribution in [0.1, 0.15) is 16.7 Å². The lowest BCUT2D eigenvalue weighted by atomic mass is 10.0. The van der Waals surface area contributed by atoms with Crippen molar-refractivity contribution in [1.82, 2.24) is 0 Å². The van der Waals surface area contributed by atoms with E-state index in [-0.39, 0.29) is 19.8 Å². The van der Waals surface area contributed by atoms with Gasteiger partial charge >= 0.3 is 0 Å². The van der Waals surface area contributed by atoms with E-state index in [1.54, 1.807) is 0 Å². The van der Waals surface area contributed by atoms with E-state index in [1.807, 2.05) is 91.0 Å². The van der Waals surface area contributed by atoms with Crippen LogP contribution in [-0.2, 0) is 34.0 Å². The number of hydrogen-bond donors (Lipinski definition) is 2. The van der Waals surface area contributed by atoms with Crippen LogP contribution in [-0.4, -0.2) is 41.2 Å². The minimum atomic E-state index is -1.03. The molecule has 0 aliphatic heterocycles. The molecule has 2 unspecified atom stereocenters. The second-order valence-corrected chi connectivity index (χ2v) is 7.82. The van der Waals surface area contributed by atoms with Gasteiger partial charge in [-0.05, 0) is 16.7 Å². The first-order valence-corrected chi connectivity index (χ1v) is 11.1. The van der Waals surface area contributed by atoms with E-state index in [0.717, 1.165) is 16.7 Å². The zero-order chi connectivity index (χ0) is 23.3. The maximum atomic E-state index is 11.0. The highest BCUT2D eigenvalue weighted by atomic mass is 16.6. The molecular weight excluding hydrogens is 416 g/mol. The molecule has 3 aromatic carbocycles. The van der Waals surface area contributed by atoms with E-state index in [2.05, 4.69) is 6.58 Å². The van der Waals surface area contributed by atoms with Crippen molar-refractivity contribution >= 4 is 0 Å². The predicted molar refractivity (Wildman–Crippen MR) is 128 cm³/mol. The Kier molecular flexibility index (Phi) is 10.3. The molecule has 0 spiro atoms. The molecule has 0 fully saturated rings. The van der Waals surface area contributed by atoms with Crippen molar-refractivity contribution in [2.45, 2.75) is 44.2 Å². The van der Waals surface area contributed by atoms with Gasteiger partial charge in [0.25, 0.3) is 0 Å². The van der Waals surface area contributed by atoms with E-state index in [0.29, 0.717) is 6.61 Å². The van der Waals surface area contributed by atoms with Crippen LogP contribution in [0.15, 0.2) is 104 Å². The molecule has 0 aromatic heterocycles. The lowest BCUT2D eigenvalue weighted by Crippen LogP contribution is -2.48. The Morgan fingerprint density at radius 2 is 1.06 bits per heavy atom. The van der Waals surface area contributed by atoms with Gasteiger partial charge in [0.15, 0.2) is 0 Å². The first kappa shape index (κ1) is 24.8. The Labute approximate surface area is 195 Å². The van der Waals surface area contributed by atoms with Gasteiger partial charge in [0.1, 0.15) is 24.4 Å². The maximum absolute atomic E-state index is 11.0. The minimum absolute atomic E-state index is 0.0312. The molecule has 0 radical (unpaired) electrons. The number of ether oxygens (including phenoxy) is 3. The number of aliphatic hydroxyl groups is 2. The van der Waals surface area contributed by atoms with E-state index in [9.17, 15) is 10.2 Å². The summed E-state index contributed by atoms with van der Waals surface area (Å²) in [4.78, 5) is 0. The molecule has 2 N–H and O–H groups in total. The molecule has 0 aliphatic carbocycles. The second-order valence-electron chi connectivity index (χ2n) is 7.82. The molecule has 0 heterocycles. The fourth-order valence-electron chi connectivity index (χ4n) is 3.45. The highest BCUT2D eigenvalue weighted by Gasteiger charge is 2.34. The Balaban J connectivity index is 1.70. The van der Waals surface area contributed by atoms with Crippen LogP contribution in [0.2, 0.25) is 0 Å².